The molecule has 0 aromatic carbocycles. The molecule has 2 N–H and O–H groups in total. The summed E-state index contributed by atoms with van der Waals surface area (Å²) in [6, 6.07) is 2.14. The van der Waals surface area contributed by atoms with Crippen molar-refractivity contribution in [2.75, 3.05) is 25.4 Å². The fourth-order valence-electron chi connectivity index (χ4n) is 2.12. The molecule has 0 spiro atoms. The van der Waals surface area contributed by atoms with E-state index >= 15 is 0 Å². The van der Waals surface area contributed by atoms with Crippen molar-refractivity contribution in [3.8, 4) is 0 Å². The van der Waals surface area contributed by atoms with Crippen LogP contribution in [-0.4, -0.2) is 29.6 Å². The molecule has 3 rings (SSSR count). The Balaban J connectivity index is 0.00000133. The minimum atomic E-state index is 0. The number of aromatic nitrogens is 1. The third-order valence-corrected chi connectivity index (χ3v) is 4.53. The lowest BCUT2D eigenvalue weighted by molar-refractivity contribution is -0.0324. The van der Waals surface area contributed by atoms with Crippen molar-refractivity contribution in [1.29, 1.82) is 0 Å². The number of halogens is 1. The number of nitrogens with two attached hydrogens (primary N) is 1. The van der Waals surface area contributed by atoms with E-state index in [-0.39, 0.29) is 18.5 Å². The molecule has 4 nitrogen and oxygen atoms in total. The lowest BCUT2D eigenvalue weighted by Crippen LogP contribution is -2.37. The summed E-state index contributed by atoms with van der Waals surface area (Å²) in [7, 11) is 0. The van der Waals surface area contributed by atoms with Gasteiger partial charge in [0.1, 0.15) is 0 Å². The van der Waals surface area contributed by atoms with Crippen LogP contribution in [0, 0.1) is 0 Å². The van der Waals surface area contributed by atoms with Gasteiger partial charge in [-0.25, -0.2) is 4.98 Å². The molecule has 1 unspecified atom stereocenters. The second kappa shape index (κ2) is 6.67. The van der Waals surface area contributed by atoms with Crippen LogP contribution < -0.4 is 5.73 Å². The topological polar surface area (TPSA) is 51.4 Å². The van der Waals surface area contributed by atoms with Gasteiger partial charge in [0.25, 0.3) is 0 Å². The monoisotopic (exact) mass is 317 g/mol. The largest absolute Gasteiger partial charge is 0.375 e. The third kappa shape index (κ3) is 3.67. The maximum atomic E-state index is 5.82. The number of nitrogens with zero attached hydrogens (tertiary/aromatic N) is 2. The first kappa shape index (κ1) is 14.7. The quantitative estimate of drug-likeness (QED) is 0.945. The van der Waals surface area contributed by atoms with E-state index < -0.39 is 0 Å². The summed E-state index contributed by atoms with van der Waals surface area (Å²) in [5.74, 6) is 0. The van der Waals surface area contributed by atoms with Crippen molar-refractivity contribution < 1.29 is 4.74 Å². The number of ether oxygens (including phenoxy) is 1. The Bertz CT molecular complexity index is 503. The first-order chi connectivity index (χ1) is 8.81. The number of hydrogen-bond donors (Lipinski definition) is 1. The summed E-state index contributed by atoms with van der Waals surface area (Å²) in [5.41, 5.74) is 6.94. The van der Waals surface area contributed by atoms with Crippen LogP contribution in [0.25, 0.3) is 0 Å². The van der Waals surface area contributed by atoms with Crippen molar-refractivity contribution in [3.05, 3.63) is 33.5 Å². The van der Waals surface area contributed by atoms with Gasteiger partial charge in [0.05, 0.1) is 12.7 Å². The zero-order valence-electron chi connectivity index (χ0n) is 10.3. The van der Waals surface area contributed by atoms with Gasteiger partial charge < -0.3 is 10.5 Å². The Hall–Kier alpha value is -0.660. The predicted octanol–water partition coefficient (Wildman–Crippen LogP) is 2.78. The standard InChI is InChI=1S/C12H15N3OS2.ClH/c13-12-14-5-10(18-12)6-15-2-3-16-11(7-15)9-1-4-17-8-9;/h1,4-5,8,11H,2-3,6-7H2,(H2,13,14);1H. The molecule has 2 aromatic heterocycles. The van der Waals surface area contributed by atoms with Gasteiger partial charge in [-0.1, -0.05) is 0 Å². The van der Waals surface area contributed by atoms with Gasteiger partial charge in [-0.3, -0.25) is 4.90 Å². The summed E-state index contributed by atoms with van der Waals surface area (Å²) in [5, 5.41) is 4.91. The van der Waals surface area contributed by atoms with E-state index in [2.05, 4.69) is 26.7 Å². The van der Waals surface area contributed by atoms with Crippen molar-refractivity contribution in [3.63, 3.8) is 0 Å². The Labute approximate surface area is 126 Å². The average Bonchev–Trinajstić information content (AvgIpc) is 3.01. The normalized spacial score (nSPS) is 20.1. The molecule has 3 heterocycles. The number of morpholine rings is 1. The smallest absolute Gasteiger partial charge is 0.180 e. The number of thiophene rings is 1. The summed E-state index contributed by atoms with van der Waals surface area (Å²) >= 11 is 3.29. The maximum absolute atomic E-state index is 5.82. The van der Waals surface area contributed by atoms with Crippen LogP contribution in [0.4, 0.5) is 5.13 Å². The molecule has 104 valence electrons. The van der Waals surface area contributed by atoms with Crippen LogP contribution in [0.1, 0.15) is 16.5 Å². The van der Waals surface area contributed by atoms with Crippen LogP contribution in [0.5, 0.6) is 0 Å². The molecule has 1 aliphatic rings. The predicted molar refractivity (Wildman–Crippen MR) is 82.1 cm³/mol. The molecular formula is C12H16ClN3OS2. The minimum absolute atomic E-state index is 0. The maximum Gasteiger partial charge on any atom is 0.180 e. The summed E-state index contributed by atoms with van der Waals surface area (Å²) < 4.78 is 5.82. The van der Waals surface area contributed by atoms with Crippen molar-refractivity contribution in [1.82, 2.24) is 9.88 Å². The van der Waals surface area contributed by atoms with Gasteiger partial charge in [-0.2, -0.15) is 11.3 Å². The van der Waals surface area contributed by atoms with Crippen molar-refractivity contribution >= 4 is 40.2 Å². The Morgan fingerprint density at radius 3 is 3.11 bits per heavy atom. The third-order valence-electron chi connectivity index (χ3n) is 3.02. The Morgan fingerprint density at radius 2 is 2.42 bits per heavy atom. The van der Waals surface area contributed by atoms with Crippen molar-refractivity contribution in [2.24, 2.45) is 0 Å². The lowest BCUT2D eigenvalue weighted by Gasteiger charge is -2.32. The SMILES string of the molecule is Cl.Nc1ncc(CN2CCOC(c3ccsc3)C2)s1. The van der Waals surface area contributed by atoms with Gasteiger partial charge in [0, 0.05) is 30.7 Å². The van der Waals surface area contributed by atoms with Crippen LogP contribution >= 0.6 is 35.1 Å². The fraction of sp³-hybridized carbons (Fsp3) is 0.417. The van der Waals surface area contributed by atoms with Crippen molar-refractivity contribution in [2.45, 2.75) is 12.6 Å². The first-order valence-electron chi connectivity index (χ1n) is 5.87. The van der Waals surface area contributed by atoms with Gasteiger partial charge in [-0.05, 0) is 22.4 Å². The molecule has 7 heteroatoms. The summed E-state index contributed by atoms with van der Waals surface area (Å²) in [4.78, 5) is 7.71. The molecule has 0 radical (unpaired) electrons. The molecular weight excluding hydrogens is 302 g/mol. The molecule has 0 aliphatic carbocycles. The Morgan fingerprint density at radius 1 is 1.53 bits per heavy atom. The van der Waals surface area contributed by atoms with E-state index in [9.17, 15) is 0 Å². The van der Waals surface area contributed by atoms with Crippen LogP contribution in [0.2, 0.25) is 0 Å². The molecule has 0 saturated carbocycles. The van der Waals surface area contributed by atoms with Gasteiger partial charge >= 0.3 is 0 Å². The zero-order chi connectivity index (χ0) is 12.4. The molecule has 1 fully saturated rings. The summed E-state index contributed by atoms with van der Waals surface area (Å²) in [6.45, 7) is 3.61. The molecule has 19 heavy (non-hydrogen) atoms. The first-order valence-corrected chi connectivity index (χ1v) is 7.63. The van der Waals surface area contributed by atoms with Gasteiger partial charge in [-0.15, -0.1) is 23.7 Å². The van der Waals surface area contributed by atoms with E-state index in [1.165, 1.54) is 10.4 Å². The lowest BCUT2D eigenvalue weighted by atomic mass is 10.1. The van der Waals surface area contributed by atoms with Crippen LogP contribution in [-0.2, 0) is 11.3 Å². The highest BCUT2D eigenvalue weighted by Gasteiger charge is 2.22. The van der Waals surface area contributed by atoms with Gasteiger partial charge in [0.15, 0.2) is 5.13 Å². The second-order valence-corrected chi connectivity index (χ2v) is 6.24. The van der Waals surface area contributed by atoms with E-state index in [1.54, 1.807) is 22.7 Å². The molecule has 2 aromatic rings. The highest BCUT2D eigenvalue weighted by molar-refractivity contribution is 7.15. The average molecular weight is 318 g/mol. The number of rotatable bonds is 3. The van der Waals surface area contributed by atoms with E-state index in [0.717, 1.165) is 26.2 Å². The highest BCUT2D eigenvalue weighted by atomic mass is 35.5. The molecule has 1 aliphatic heterocycles. The number of anilines is 1. The highest BCUT2D eigenvalue weighted by Crippen LogP contribution is 2.26. The van der Waals surface area contributed by atoms with Gasteiger partial charge in [0.2, 0.25) is 0 Å². The number of nitrogen functional groups attached to an aromatic ring is 1. The molecule has 0 bridgehead atoms. The van der Waals surface area contributed by atoms with Crippen LogP contribution in [0.3, 0.4) is 0 Å². The van der Waals surface area contributed by atoms with E-state index in [4.69, 9.17) is 10.5 Å². The fourth-order valence-corrected chi connectivity index (χ4v) is 3.55. The second-order valence-electron chi connectivity index (χ2n) is 4.32. The number of hydrogen-bond acceptors (Lipinski definition) is 6. The molecule has 0 amide bonds. The molecule has 1 saturated heterocycles. The van der Waals surface area contributed by atoms with Crippen LogP contribution in [0.15, 0.2) is 23.0 Å². The van der Waals surface area contributed by atoms with E-state index in [1.807, 2.05) is 6.20 Å². The van der Waals surface area contributed by atoms with E-state index in [0.29, 0.717) is 5.13 Å². The molecule has 1 atom stereocenters. The minimum Gasteiger partial charge on any atom is -0.375 e. The zero-order valence-corrected chi connectivity index (χ0v) is 12.8. The number of thiazole rings is 1. The summed E-state index contributed by atoms with van der Waals surface area (Å²) in [6.07, 6.45) is 2.07. The Kier molecular flexibility index (Phi) is 5.18.